The molecule has 0 aliphatic carbocycles. The lowest BCUT2D eigenvalue weighted by atomic mass is 10.0. The molecule has 0 aromatic carbocycles. The van der Waals surface area contributed by atoms with Crippen LogP contribution in [0.2, 0.25) is 0 Å². The molecule has 2 unspecified atom stereocenters. The molecular weight excluding hydrogens is 496 g/mol. The lowest BCUT2D eigenvalue weighted by molar-refractivity contribution is 0.0475. The summed E-state index contributed by atoms with van der Waals surface area (Å²) in [6.45, 7) is 10.8. The van der Waals surface area contributed by atoms with Crippen molar-refractivity contribution in [3.63, 3.8) is 0 Å². The highest BCUT2D eigenvalue weighted by Gasteiger charge is 2.17. The van der Waals surface area contributed by atoms with Crippen molar-refractivity contribution in [2.24, 2.45) is 0 Å². The molecule has 1 aromatic heterocycles. The Kier molecular flexibility index (Phi) is 26.1. The van der Waals surface area contributed by atoms with Crippen molar-refractivity contribution in [2.75, 3.05) is 13.2 Å². The summed E-state index contributed by atoms with van der Waals surface area (Å²) in [5, 5.41) is 4.54. The van der Waals surface area contributed by atoms with Crippen LogP contribution < -0.4 is 0 Å². The SMILES string of the molecule is CCCCCCCCCCCCCCOC(C)c1cscc1C(C)OCCCCCCCCCCCCCC. The number of unbranched alkanes of at least 4 members (excludes halogenated alkanes) is 22. The second kappa shape index (κ2) is 27.8. The van der Waals surface area contributed by atoms with Gasteiger partial charge in [-0.1, -0.05) is 155 Å². The Labute approximate surface area is 249 Å². The van der Waals surface area contributed by atoms with Gasteiger partial charge in [0.15, 0.2) is 0 Å². The van der Waals surface area contributed by atoms with Gasteiger partial charge in [-0.25, -0.2) is 0 Å². The lowest BCUT2D eigenvalue weighted by Crippen LogP contribution is -2.07. The average Bonchev–Trinajstić information content (AvgIpc) is 3.44. The fraction of sp³-hybridized carbons (Fsp3) is 0.889. The van der Waals surface area contributed by atoms with Crippen LogP contribution in [0.4, 0.5) is 0 Å². The number of rotatable bonds is 30. The van der Waals surface area contributed by atoms with E-state index in [9.17, 15) is 0 Å². The van der Waals surface area contributed by atoms with Gasteiger partial charge in [-0.3, -0.25) is 0 Å². The Bertz CT molecular complexity index is 562. The molecule has 1 heterocycles. The fourth-order valence-corrected chi connectivity index (χ4v) is 6.58. The minimum atomic E-state index is 0.164. The predicted octanol–water partition coefficient (Wildman–Crippen LogP) is 13.3. The highest BCUT2D eigenvalue weighted by atomic mass is 32.1. The highest BCUT2D eigenvalue weighted by Crippen LogP contribution is 2.31. The van der Waals surface area contributed by atoms with E-state index in [-0.39, 0.29) is 12.2 Å². The molecule has 0 saturated carbocycles. The van der Waals surface area contributed by atoms with E-state index in [1.807, 2.05) is 0 Å². The van der Waals surface area contributed by atoms with Gasteiger partial charge in [0.2, 0.25) is 0 Å². The number of thiophene rings is 1. The van der Waals surface area contributed by atoms with E-state index in [1.165, 1.54) is 165 Å². The van der Waals surface area contributed by atoms with Gasteiger partial charge < -0.3 is 9.47 Å². The maximum absolute atomic E-state index is 6.24. The molecule has 0 radical (unpaired) electrons. The molecular formula is C36H68O2S. The van der Waals surface area contributed by atoms with E-state index in [1.54, 1.807) is 11.3 Å². The monoisotopic (exact) mass is 564 g/mol. The van der Waals surface area contributed by atoms with Crippen LogP contribution in [0.25, 0.3) is 0 Å². The van der Waals surface area contributed by atoms with Crippen molar-refractivity contribution >= 4 is 11.3 Å². The zero-order valence-corrected chi connectivity index (χ0v) is 27.7. The second-order valence-corrected chi connectivity index (χ2v) is 12.8. The van der Waals surface area contributed by atoms with Crippen molar-refractivity contribution in [1.82, 2.24) is 0 Å². The number of hydrogen-bond acceptors (Lipinski definition) is 3. The van der Waals surface area contributed by atoms with Crippen molar-refractivity contribution in [3.05, 3.63) is 21.9 Å². The second-order valence-electron chi connectivity index (χ2n) is 12.1. The first-order chi connectivity index (χ1) is 19.2. The molecule has 0 saturated heterocycles. The summed E-state index contributed by atoms with van der Waals surface area (Å²) in [4.78, 5) is 0. The van der Waals surface area contributed by atoms with Gasteiger partial charge in [-0.15, -0.1) is 0 Å². The van der Waals surface area contributed by atoms with Gasteiger partial charge in [0.25, 0.3) is 0 Å². The Morgan fingerprint density at radius 3 is 0.974 bits per heavy atom. The maximum atomic E-state index is 6.24. The number of hydrogen-bond donors (Lipinski definition) is 0. The van der Waals surface area contributed by atoms with Gasteiger partial charge in [0.1, 0.15) is 0 Å². The van der Waals surface area contributed by atoms with Gasteiger partial charge >= 0.3 is 0 Å². The molecule has 0 aliphatic heterocycles. The van der Waals surface area contributed by atoms with Crippen molar-refractivity contribution in [1.29, 1.82) is 0 Å². The summed E-state index contributed by atoms with van der Waals surface area (Å²) >= 11 is 1.79. The third-order valence-electron chi connectivity index (χ3n) is 8.33. The molecule has 2 atom stereocenters. The van der Waals surface area contributed by atoms with E-state index in [4.69, 9.17) is 9.47 Å². The zero-order valence-electron chi connectivity index (χ0n) is 26.9. The van der Waals surface area contributed by atoms with Crippen molar-refractivity contribution in [3.8, 4) is 0 Å². The molecule has 0 N–H and O–H groups in total. The summed E-state index contributed by atoms with van der Waals surface area (Å²) in [5.74, 6) is 0. The molecule has 39 heavy (non-hydrogen) atoms. The molecule has 0 fully saturated rings. The van der Waals surface area contributed by atoms with Crippen LogP contribution in [0.3, 0.4) is 0 Å². The lowest BCUT2D eigenvalue weighted by Gasteiger charge is -2.18. The van der Waals surface area contributed by atoms with Gasteiger partial charge in [0.05, 0.1) is 12.2 Å². The molecule has 230 valence electrons. The van der Waals surface area contributed by atoms with Gasteiger partial charge in [0, 0.05) is 13.2 Å². The van der Waals surface area contributed by atoms with Crippen LogP contribution in [-0.2, 0) is 9.47 Å². The van der Waals surface area contributed by atoms with E-state index >= 15 is 0 Å². The molecule has 3 heteroatoms. The topological polar surface area (TPSA) is 18.5 Å². The van der Waals surface area contributed by atoms with Crippen molar-refractivity contribution < 1.29 is 9.47 Å². The van der Waals surface area contributed by atoms with Gasteiger partial charge in [-0.2, -0.15) is 11.3 Å². The van der Waals surface area contributed by atoms with Crippen LogP contribution in [-0.4, -0.2) is 13.2 Å². The van der Waals surface area contributed by atoms with Crippen LogP contribution in [0.1, 0.15) is 205 Å². The summed E-state index contributed by atoms with van der Waals surface area (Å²) < 4.78 is 12.5. The summed E-state index contributed by atoms with van der Waals surface area (Å²) in [7, 11) is 0. The minimum absolute atomic E-state index is 0.164. The summed E-state index contributed by atoms with van der Waals surface area (Å²) in [6.07, 6.45) is 33.6. The Hall–Kier alpha value is -0.380. The highest BCUT2D eigenvalue weighted by molar-refractivity contribution is 7.08. The summed E-state index contributed by atoms with van der Waals surface area (Å²) in [5.41, 5.74) is 2.67. The Morgan fingerprint density at radius 2 is 0.692 bits per heavy atom. The van der Waals surface area contributed by atoms with E-state index < -0.39 is 0 Å². The predicted molar refractivity (Wildman–Crippen MR) is 175 cm³/mol. The zero-order chi connectivity index (χ0) is 28.2. The molecule has 0 spiro atoms. The van der Waals surface area contributed by atoms with Crippen molar-refractivity contribution in [2.45, 2.75) is 194 Å². The molecule has 0 amide bonds. The first kappa shape index (κ1) is 36.6. The third-order valence-corrected chi connectivity index (χ3v) is 9.11. The number of ether oxygens (including phenoxy) is 2. The quantitative estimate of drug-likeness (QED) is 0.0865. The van der Waals surface area contributed by atoms with Crippen LogP contribution in [0.15, 0.2) is 10.8 Å². The maximum Gasteiger partial charge on any atom is 0.0808 e. The molecule has 0 aliphatic rings. The van der Waals surface area contributed by atoms with Gasteiger partial charge in [-0.05, 0) is 48.6 Å². The third kappa shape index (κ3) is 21.0. The van der Waals surface area contributed by atoms with Crippen LogP contribution in [0, 0.1) is 0 Å². The fourth-order valence-electron chi connectivity index (χ4n) is 5.56. The smallest absolute Gasteiger partial charge is 0.0808 e. The Balaban J connectivity index is 2.00. The standard InChI is InChI=1S/C36H68O2S/c1-5-7-9-11-13-15-17-19-21-23-25-27-29-37-33(3)35-31-39-32-36(35)34(4)38-30-28-26-24-22-20-18-16-14-12-10-8-6-2/h31-34H,5-30H2,1-4H3. The van der Waals surface area contributed by atoms with E-state index in [2.05, 4.69) is 38.5 Å². The molecule has 2 nitrogen and oxygen atoms in total. The van der Waals surface area contributed by atoms with Crippen LogP contribution in [0.5, 0.6) is 0 Å². The normalized spacial score (nSPS) is 13.2. The van der Waals surface area contributed by atoms with E-state index in [0.717, 1.165) is 13.2 Å². The largest absolute Gasteiger partial charge is 0.374 e. The average molecular weight is 565 g/mol. The summed E-state index contributed by atoms with van der Waals surface area (Å²) in [6, 6.07) is 0. The minimum Gasteiger partial charge on any atom is -0.374 e. The first-order valence-corrected chi connectivity index (χ1v) is 18.4. The van der Waals surface area contributed by atoms with E-state index in [0.29, 0.717) is 0 Å². The molecule has 1 aromatic rings. The molecule has 1 rings (SSSR count). The molecule has 0 bridgehead atoms. The first-order valence-electron chi connectivity index (χ1n) is 17.5. The Morgan fingerprint density at radius 1 is 0.436 bits per heavy atom. The van der Waals surface area contributed by atoms with Crippen LogP contribution >= 0.6 is 11.3 Å².